The Kier molecular flexibility index (Phi) is 3.62. The first-order chi connectivity index (χ1) is 10.4. The van der Waals surface area contributed by atoms with Crippen molar-refractivity contribution in [2.75, 3.05) is 24.7 Å². The second-order valence-corrected chi connectivity index (χ2v) is 7.05. The lowest BCUT2D eigenvalue weighted by Gasteiger charge is -2.35. The summed E-state index contributed by atoms with van der Waals surface area (Å²) in [6.45, 7) is 0.459. The molecule has 2 aromatic rings. The van der Waals surface area contributed by atoms with E-state index in [1.807, 2.05) is 0 Å². The second kappa shape index (κ2) is 5.46. The molecular weight excluding hydrogens is 308 g/mol. The van der Waals surface area contributed by atoms with Gasteiger partial charge in [0.05, 0.1) is 17.9 Å². The molecule has 10 heteroatoms. The number of nitrogens with zero attached hydrogens (tertiary/aromatic N) is 5. The van der Waals surface area contributed by atoms with E-state index in [4.69, 9.17) is 0 Å². The van der Waals surface area contributed by atoms with Crippen molar-refractivity contribution in [1.82, 2.24) is 24.5 Å². The Morgan fingerprint density at radius 2 is 1.95 bits per heavy atom. The average Bonchev–Trinajstić information content (AvgIpc) is 2.89. The van der Waals surface area contributed by atoms with E-state index in [-0.39, 0.29) is 24.9 Å². The minimum absolute atomic E-state index is 0.185. The van der Waals surface area contributed by atoms with Crippen LogP contribution in [0.25, 0.3) is 5.69 Å². The maximum atomic E-state index is 12.0. The fourth-order valence-electron chi connectivity index (χ4n) is 2.10. The number of tetrazole rings is 1. The summed E-state index contributed by atoms with van der Waals surface area (Å²) in [6, 6.07) is 7.02. The van der Waals surface area contributed by atoms with Gasteiger partial charge in [-0.3, -0.25) is 4.79 Å². The molecule has 9 nitrogen and oxygen atoms in total. The highest BCUT2D eigenvalue weighted by atomic mass is 32.2. The van der Waals surface area contributed by atoms with Crippen LogP contribution in [0.5, 0.6) is 0 Å². The minimum atomic E-state index is -3.20. The van der Waals surface area contributed by atoms with Gasteiger partial charge >= 0.3 is 0 Å². The zero-order valence-corrected chi connectivity index (χ0v) is 12.6. The molecule has 1 saturated heterocycles. The maximum Gasteiger partial charge on any atom is 0.230 e. The van der Waals surface area contributed by atoms with Crippen LogP contribution in [-0.2, 0) is 14.8 Å². The topological polar surface area (TPSA) is 110 Å². The molecule has 1 aromatic carbocycles. The highest BCUT2D eigenvalue weighted by molar-refractivity contribution is 7.88. The van der Waals surface area contributed by atoms with Crippen LogP contribution in [0.2, 0.25) is 0 Å². The van der Waals surface area contributed by atoms with E-state index in [1.54, 1.807) is 24.3 Å². The van der Waals surface area contributed by atoms with E-state index in [0.717, 1.165) is 11.9 Å². The van der Waals surface area contributed by atoms with Crippen LogP contribution >= 0.6 is 0 Å². The van der Waals surface area contributed by atoms with E-state index >= 15 is 0 Å². The molecule has 1 aliphatic heterocycles. The first-order valence-electron chi connectivity index (χ1n) is 6.53. The number of anilines is 1. The summed E-state index contributed by atoms with van der Waals surface area (Å²) in [7, 11) is -3.20. The number of nitrogens with one attached hydrogen (secondary N) is 1. The van der Waals surface area contributed by atoms with Gasteiger partial charge in [-0.05, 0) is 34.7 Å². The van der Waals surface area contributed by atoms with Gasteiger partial charge in [0, 0.05) is 18.8 Å². The summed E-state index contributed by atoms with van der Waals surface area (Å²) in [6.07, 6.45) is 2.61. The Morgan fingerprint density at radius 1 is 1.27 bits per heavy atom. The van der Waals surface area contributed by atoms with Gasteiger partial charge in [0.1, 0.15) is 6.33 Å². The zero-order valence-electron chi connectivity index (χ0n) is 11.7. The van der Waals surface area contributed by atoms with E-state index < -0.39 is 10.0 Å². The number of sulfonamides is 1. The third kappa shape index (κ3) is 2.97. The first kappa shape index (κ1) is 14.6. The second-order valence-electron chi connectivity index (χ2n) is 5.07. The smallest absolute Gasteiger partial charge is 0.230 e. The summed E-state index contributed by atoms with van der Waals surface area (Å²) in [4.78, 5) is 12.0. The molecule has 0 bridgehead atoms. The van der Waals surface area contributed by atoms with Gasteiger partial charge < -0.3 is 5.32 Å². The fraction of sp³-hybridized carbons (Fsp3) is 0.333. The average molecular weight is 322 g/mol. The Hall–Kier alpha value is -2.33. The molecule has 1 aliphatic rings. The van der Waals surface area contributed by atoms with Gasteiger partial charge in [-0.25, -0.2) is 17.4 Å². The third-order valence-corrected chi connectivity index (χ3v) is 4.67. The number of aromatic nitrogens is 4. The molecule has 0 spiro atoms. The molecule has 1 amide bonds. The van der Waals surface area contributed by atoms with Crippen LogP contribution in [0.15, 0.2) is 30.6 Å². The first-order valence-corrected chi connectivity index (χ1v) is 8.38. The predicted octanol–water partition coefficient (Wildman–Crippen LogP) is -0.508. The predicted molar refractivity (Wildman–Crippen MR) is 77.7 cm³/mol. The summed E-state index contributed by atoms with van der Waals surface area (Å²) in [5.41, 5.74) is 1.41. The summed E-state index contributed by atoms with van der Waals surface area (Å²) < 4.78 is 25.3. The van der Waals surface area contributed by atoms with Gasteiger partial charge in [0.25, 0.3) is 0 Å². The molecule has 2 heterocycles. The lowest BCUT2D eigenvalue weighted by molar-refractivity contribution is -0.122. The SMILES string of the molecule is CS(=O)(=O)N1CC(C(=O)Nc2ccc(-n3cnnn3)cc2)C1. The highest BCUT2D eigenvalue weighted by Gasteiger charge is 2.37. The van der Waals surface area contributed by atoms with Gasteiger partial charge in [0.2, 0.25) is 15.9 Å². The van der Waals surface area contributed by atoms with Gasteiger partial charge in [-0.2, -0.15) is 0 Å². The van der Waals surface area contributed by atoms with Gasteiger partial charge in [0.15, 0.2) is 0 Å². The molecule has 22 heavy (non-hydrogen) atoms. The van der Waals surface area contributed by atoms with Crippen LogP contribution in [0, 0.1) is 5.92 Å². The van der Waals surface area contributed by atoms with Crippen LogP contribution in [0.4, 0.5) is 5.69 Å². The van der Waals surface area contributed by atoms with Crippen molar-refractivity contribution < 1.29 is 13.2 Å². The third-order valence-electron chi connectivity index (χ3n) is 3.44. The molecule has 0 aliphatic carbocycles. The standard InChI is InChI=1S/C12H14N6O3S/c1-22(20,21)17-6-9(7-17)12(19)14-10-2-4-11(5-3-10)18-8-13-15-16-18/h2-5,8-9H,6-7H2,1H3,(H,14,19). The Morgan fingerprint density at radius 3 is 2.50 bits per heavy atom. The van der Waals surface area contributed by atoms with Crippen molar-refractivity contribution in [3.05, 3.63) is 30.6 Å². The van der Waals surface area contributed by atoms with Crippen LogP contribution in [-0.4, -0.2) is 58.2 Å². The van der Waals surface area contributed by atoms with Crippen LogP contribution in [0.3, 0.4) is 0 Å². The van der Waals surface area contributed by atoms with Crippen molar-refractivity contribution in [3.8, 4) is 5.69 Å². The van der Waals surface area contributed by atoms with Crippen LogP contribution < -0.4 is 5.32 Å². The molecule has 1 N–H and O–H groups in total. The van der Waals surface area contributed by atoms with Gasteiger partial charge in [-0.1, -0.05) is 0 Å². The zero-order chi connectivity index (χ0) is 15.7. The minimum Gasteiger partial charge on any atom is -0.326 e. The summed E-state index contributed by atoms with van der Waals surface area (Å²) in [5.74, 6) is -0.496. The fourth-order valence-corrected chi connectivity index (χ4v) is 3.00. The normalized spacial score (nSPS) is 16.2. The molecule has 0 unspecified atom stereocenters. The van der Waals surface area contributed by atoms with E-state index in [0.29, 0.717) is 5.69 Å². The number of rotatable bonds is 4. The van der Waals surface area contributed by atoms with Crippen molar-refractivity contribution in [1.29, 1.82) is 0 Å². The van der Waals surface area contributed by atoms with Crippen molar-refractivity contribution in [2.45, 2.75) is 0 Å². The molecule has 0 saturated carbocycles. The van der Waals surface area contributed by atoms with Crippen LogP contribution in [0.1, 0.15) is 0 Å². The largest absolute Gasteiger partial charge is 0.326 e. The Balaban J connectivity index is 1.59. The molecule has 116 valence electrons. The monoisotopic (exact) mass is 322 g/mol. The molecule has 1 fully saturated rings. The van der Waals surface area contributed by atoms with E-state index in [9.17, 15) is 13.2 Å². The molecule has 0 radical (unpaired) electrons. The molecule has 3 rings (SSSR count). The Labute approximate surface area is 127 Å². The van der Waals surface area contributed by atoms with Crippen molar-refractivity contribution in [3.63, 3.8) is 0 Å². The lowest BCUT2D eigenvalue weighted by atomic mass is 10.0. The number of hydrogen-bond acceptors (Lipinski definition) is 6. The number of carbonyl (C=O) groups excluding carboxylic acids is 1. The lowest BCUT2D eigenvalue weighted by Crippen LogP contribution is -2.53. The number of amides is 1. The number of benzene rings is 1. The van der Waals surface area contributed by atoms with Crippen molar-refractivity contribution in [2.24, 2.45) is 5.92 Å². The van der Waals surface area contributed by atoms with Gasteiger partial charge in [-0.15, -0.1) is 5.10 Å². The quantitative estimate of drug-likeness (QED) is 0.812. The van der Waals surface area contributed by atoms with E-state index in [2.05, 4.69) is 20.8 Å². The molecular formula is C12H14N6O3S. The maximum absolute atomic E-state index is 12.0. The Bertz CT molecular complexity index is 766. The van der Waals surface area contributed by atoms with Crippen molar-refractivity contribution >= 4 is 21.6 Å². The molecule has 1 aromatic heterocycles. The summed E-state index contributed by atoms with van der Waals surface area (Å²) in [5, 5.41) is 13.6. The number of hydrogen-bond donors (Lipinski definition) is 1. The van der Waals surface area contributed by atoms with E-state index in [1.165, 1.54) is 15.3 Å². The number of carbonyl (C=O) groups is 1. The molecule has 0 atom stereocenters. The highest BCUT2D eigenvalue weighted by Crippen LogP contribution is 2.21. The summed E-state index contributed by atoms with van der Waals surface area (Å²) >= 11 is 0.